The molecule has 0 spiro atoms. The third-order valence-corrected chi connectivity index (χ3v) is 8.55. The number of aliphatic hydroxyl groups is 2. The molecule has 0 bridgehead atoms. The molecule has 0 saturated heterocycles. The van der Waals surface area contributed by atoms with E-state index in [4.69, 9.17) is 9.47 Å². The van der Waals surface area contributed by atoms with Gasteiger partial charge in [0.25, 0.3) is 0 Å². The highest BCUT2D eigenvalue weighted by Gasteiger charge is 2.11. The Labute approximate surface area is 313 Å². The average Bonchev–Trinajstić information content (AvgIpc) is 3.12. The smallest absolute Gasteiger partial charge is 0.306 e. The number of allylic oxidation sites excluding steroid dienone is 10. The minimum atomic E-state index is -1.01. The standard InChI is InChI=1S/C45H76O6/c1-3-5-7-8-9-10-11-12-13-14-15-18-21-24-27-30-34-38-44(48)50-40-43(47)41-51-45(49)39-35-31-28-25-22-19-16-17-20-23-26-29-33-37-42(46)36-32-6-4-2/h6,17,19-20,22,26,28-29,31-33,37,42-43,46-47H,3-5,7-16,18,21,23-25,27,30,34-36,38-41H2,1-2H3/b20-17-,22-19-,29-26+,31-28-,32-6-,37-33+/t42?,43-/m0/s1. The van der Waals surface area contributed by atoms with Crippen molar-refractivity contribution in [3.05, 3.63) is 72.9 Å². The van der Waals surface area contributed by atoms with Gasteiger partial charge in [-0.05, 0) is 44.9 Å². The lowest BCUT2D eigenvalue weighted by Gasteiger charge is -2.12. The average molecular weight is 713 g/mol. The molecule has 0 rings (SSSR count). The Kier molecular flexibility index (Phi) is 38.0. The van der Waals surface area contributed by atoms with E-state index in [9.17, 15) is 19.8 Å². The Morgan fingerprint density at radius 2 is 0.961 bits per heavy atom. The second kappa shape index (κ2) is 40.1. The Morgan fingerprint density at radius 1 is 0.510 bits per heavy atom. The van der Waals surface area contributed by atoms with Gasteiger partial charge in [-0.15, -0.1) is 0 Å². The number of rotatable bonds is 36. The molecule has 0 aliphatic carbocycles. The van der Waals surface area contributed by atoms with E-state index >= 15 is 0 Å². The van der Waals surface area contributed by atoms with Gasteiger partial charge in [-0.1, -0.05) is 189 Å². The van der Waals surface area contributed by atoms with Crippen LogP contribution in [0.25, 0.3) is 0 Å². The Bertz CT molecular complexity index is 960. The topological polar surface area (TPSA) is 93.1 Å². The van der Waals surface area contributed by atoms with Crippen LogP contribution in [-0.4, -0.2) is 47.6 Å². The molecule has 2 atom stereocenters. The van der Waals surface area contributed by atoms with Crippen molar-refractivity contribution in [2.45, 2.75) is 187 Å². The highest BCUT2D eigenvalue weighted by Crippen LogP contribution is 2.14. The van der Waals surface area contributed by atoms with Crippen LogP contribution in [-0.2, 0) is 19.1 Å². The van der Waals surface area contributed by atoms with Crippen LogP contribution in [0.1, 0.15) is 174 Å². The lowest BCUT2D eigenvalue weighted by atomic mass is 10.0. The highest BCUT2D eigenvalue weighted by atomic mass is 16.6. The molecular formula is C45H76O6. The first kappa shape index (κ1) is 48.3. The van der Waals surface area contributed by atoms with Crippen LogP contribution in [0.2, 0.25) is 0 Å². The summed E-state index contributed by atoms with van der Waals surface area (Å²) in [6.45, 7) is 4.03. The van der Waals surface area contributed by atoms with E-state index in [0.29, 0.717) is 19.3 Å². The first-order valence-electron chi connectivity index (χ1n) is 20.6. The van der Waals surface area contributed by atoms with Crippen molar-refractivity contribution in [3.8, 4) is 0 Å². The van der Waals surface area contributed by atoms with Gasteiger partial charge in [0.1, 0.15) is 19.3 Å². The molecule has 0 aromatic rings. The number of carbonyl (C=O) groups is 2. The molecule has 0 radical (unpaired) electrons. The number of ether oxygens (including phenoxy) is 2. The minimum Gasteiger partial charge on any atom is -0.463 e. The van der Waals surface area contributed by atoms with Gasteiger partial charge in [0.05, 0.1) is 6.10 Å². The van der Waals surface area contributed by atoms with E-state index in [1.54, 1.807) is 6.08 Å². The molecule has 0 amide bonds. The number of aliphatic hydroxyl groups excluding tert-OH is 2. The fraction of sp³-hybridized carbons (Fsp3) is 0.689. The zero-order chi connectivity index (χ0) is 37.3. The second-order valence-corrected chi connectivity index (χ2v) is 13.6. The normalized spacial score (nSPS) is 13.6. The summed E-state index contributed by atoms with van der Waals surface area (Å²) in [5.74, 6) is -0.681. The van der Waals surface area contributed by atoms with E-state index in [1.165, 1.54) is 89.9 Å². The molecule has 51 heavy (non-hydrogen) atoms. The van der Waals surface area contributed by atoms with Gasteiger partial charge in [-0.3, -0.25) is 9.59 Å². The first-order valence-corrected chi connectivity index (χ1v) is 20.6. The van der Waals surface area contributed by atoms with Crippen molar-refractivity contribution >= 4 is 11.9 Å². The SMILES string of the molecule is CC/C=C\CC(O)/C=C/C=C/C/C=C\C/C=C\C/C=C\CCC(=O)OC[C@@H](O)COC(=O)CCCCCCCCCCCCCCCCCCC. The molecular weight excluding hydrogens is 636 g/mol. The molecule has 0 aliphatic heterocycles. The van der Waals surface area contributed by atoms with Crippen molar-refractivity contribution in [2.75, 3.05) is 13.2 Å². The van der Waals surface area contributed by atoms with Gasteiger partial charge in [0.15, 0.2) is 0 Å². The van der Waals surface area contributed by atoms with Gasteiger partial charge in [-0.2, -0.15) is 0 Å². The number of carbonyl (C=O) groups excluding carboxylic acids is 2. The van der Waals surface area contributed by atoms with Gasteiger partial charge in [0, 0.05) is 12.8 Å². The second-order valence-electron chi connectivity index (χ2n) is 13.6. The molecule has 0 fully saturated rings. The monoisotopic (exact) mass is 713 g/mol. The maximum atomic E-state index is 12.0. The van der Waals surface area contributed by atoms with E-state index in [-0.39, 0.29) is 31.6 Å². The van der Waals surface area contributed by atoms with Gasteiger partial charge < -0.3 is 19.7 Å². The molecule has 2 N–H and O–H groups in total. The zero-order valence-corrected chi connectivity index (χ0v) is 32.7. The van der Waals surface area contributed by atoms with Crippen LogP contribution in [0.3, 0.4) is 0 Å². The fourth-order valence-corrected chi connectivity index (χ4v) is 5.43. The van der Waals surface area contributed by atoms with E-state index in [0.717, 1.165) is 44.9 Å². The minimum absolute atomic E-state index is 0.150. The largest absolute Gasteiger partial charge is 0.463 e. The number of hydrogen-bond acceptors (Lipinski definition) is 6. The maximum Gasteiger partial charge on any atom is 0.306 e. The van der Waals surface area contributed by atoms with Gasteiger partial charge in [0.2, 0.25) is 0 Å². The van der Waals surface area contributed by atoms with E-state index in [1.807, 2.05) is 30.4 Å². The molecule has 0 saturated carbocycles. The lowest BCUT2D eigenvalue weighted by molar-refractivity contribution is -0.152. The first-order chi connectivity index (χ1) is 25.0. The van der Waals surface area contributed by atoms with Crippen LogP contribution < -0.4 is 0 Å². The Balaban J connectivity index is 3.60. The fourth-order valence-electron chi connectivity index (χ4n) is 5.43. The quantitative estimate of drug-likeness (QED) is 0.0291. The third kappa shape index (κ3) is 39.9. The van der Waals surface area contributed by atoms with E-state index in [2.05, 4.69) is 50.3 Å². The number of hydrogen-bond donors (Lipinski definition) is 2. The van der Waals surface area contributed by atoms with Crippen molar-refractivity contribution in [1.29, 1.82) is 0 Å². The van der Waals surface area contributed by atoms with Crippen molar-refractivity contribution in [1.82, 2.24) is 0 Å². The maximum absolute atomic E-state index is 12.0. The molecule has 292 valence electrons. The molecule has 6 heteroatoms. The van der Waals surface area contributed by atoms with Crippen molar-refractivity contribution in [2.24, 2.45) is 0 Å². The van der Waals surface area contributed by atoms with Crippen LogP contribution in [0.15, 0.2) is 72.9 Å². The van der Waals surface area contributed by atoms with Crippen LogP contribution in [0.5, 0.6) is 0 Å². The predicted molar refractivity (Wildman–Crippen MR) is 216 cm³/mol. The molecule has 0 aliphatic rings. The summed E-state index contributed by atoms with van der Waals surface area (Å²) >= 11 is 0. The van der Waals surface area contributed by atoms with E-state index < -0.39 is 12.2 Å². The molecule has 0 heterocycles. The third-order valence-electron chi connectivity index (χ3n) is 8.55. The summed E-state index contributed by atoms with van der Waals surface area (Å²) in [5, 5.41) is 19.8. The summed E-state index contributed by atoms with van der Waals surface area (Å²) in [6.07, 6.45) is 50.1. The van der Waals surface area contributed by atoms with Gasteiger partial charge >= 0.3 is 11.9 Å². The molecule has 1 unspecified atom stereocenters. The highest BCUT2D eigenvalue weighted by molar-refractivity contribution is 5.70. The molecule has 6 nitrogen and oxygen atoms in total. The van der Waals surface area contributed by atoms with Crippen LogP contribution in [0, 0.1) is 0 Å². The molecule has 0 aromatic heterocycles. The Morgan fingerprint density at radius 3 is 1.47 bits per heavy atom. The van der Waals surface area contributed by atoms with Crippen molar-refractivity contribution < 1.29 is 29.3 Å². The lowest BCUT2D eigenvalue weighted by Crippen LogP contribution is -2.25. The zero-order valence-electron chi connectivity index (χ0n) is 32.7. The molecule has 0 aromatic carbocycles. The predicted octanol–water partition coefficient (Wildman–Crippen LogP) is 11.9. The summed E-state index contributed by atoms with van der Waals surface area (Å²) in [4.78, 5) is 23.9. The summed E-state index contributed by atoms with van der Waals surface area (Å²) in [5.41, 5.74) is 0. The number of unbranched alkanes of at least 4 members (excludes halogenated alkanes) is 16. The van der Waals surface area contributed by atoms with Crippen LogP contribution in [0.4, 0.5) is 0 Å². The van der Waals surface area contributed by atoms with Gasteiger partial charge in [-0.25, -0.2) is 0 Å². The van der Waals surface area contributed by atoms with Crippen LogP contribution >= 0.6 is 0 Å². The summed E-state index contributed by atoms with van der Waals surface area (Å²) < 4.78 is 10.3. The van der Waals surface area contributed by atoms with Crippen molar-refractivity contribution in [3.63, 3.8) is 0 Å². The summed E-state index contributed by atoms with van der Waals surface area (Å²) in [6, 6.07) is 0. The summed E-state index contributed by atoms with van der Waals surface area (Å²) in [7, 11) is 0. The Hall–Kier alpha value is -2.70. The number of esters is 2.